The van der Waals surface area contributed by atoms with Crippen LogP contribution in [0.4, 0.5) is 5.69 Å². The second-order valence-electron chi connectivity index (χ2n) is 4.09. The number of ether oxygens (including phenoxy) is 1. The highest BCUT2D eigenvalue weighted by atomic mass is 35.5. The van der Waals surface area contributed by atoms with E-state index in [-0.39, 0.29) is 11.2 Å². The van der Waals surface area contributed by atoms with Gasteiger partial charge in [-0.05, 0) is 25.1 Å². The zero-order valence-electron chi connectivity index (χ0n) is 11.2. The smallest absolute Gasteiger partial charge is 0.237 e. The maximum atomic E-state index is 12.2. The molecule has 2 rings (SSSR count). The van der Waals surface area contributed by atoms with E-state index >= 15 is 0 Å². The molecule has 1 atom stereocenters. The maximum Gasteiger partial charge on any atom is 0.237 e. The molecule has 0 fully saturated rings. The molecule has 0 saturated heterocycles. The highest BCUT2D eigenvalue weighted by Crippen LogP contribution is 2.30. The van der Waals surface area contributed by atoms with Crippen LogP contribution in [-0.4, -0.2) is 34.9 Å². The lowest BCUT2D eigenvalue weighted by molar-refractivity contribution is -0.115. The molecule has 1 N–H and O–H groups in total. The molecule has 7 heteroatoms. The van der Waals surface area contributed by atoms with Gasteiger partial charge in [-0.15, -0.1) is 0 Å². The molecule has 20 heavy (non-hydrogen) atoms. The quantitative estimate of drug-likeness (QED) is 0.917. The summed E-state index contributed by atoms with van der Waals surface area (Å²) in [6.07, 6.45) is 0. The zero-order valence-corrected chi connectivity index (χ0v) is 13.6. The molecule has 0 bridgehead atoms. The average molecular weight is 331 g/mol. The van der Waals surface area contributed by atoms with Crippen molar-refractivity contribution in [3.05, 3.63) is 23.2 Å². The Morgan fingerprint density at radius 2 is 2.40 bits per heavy atom. The number of amides is 1. The summed E-state index contributed by atoms with van der Waals surface area (Å²) in [6.45, 7) is 2.70. The first-order chi connectivity index (χ1) is 9.60. The van der Waals surface area contributed by atoms with Crippen molar-refractivity contribution in [2.24, 2.45) is 4.99 Å². The van der Waals surface area contributed by atoms with Crippen molar-refractivity contribution in [2.75, 3.05) is 24.7 Å². The number of rotatable bonds is 4. The summed E-state index contributed by atoms with van der Waals surface area (Å²) in [5.74, 6) is 1.50. The van der Waals surface area contributed by atoms with Crippen molar-refractivity contribution in [1.29, 1.82) is 0 Å². The Morgan fingerprint density at radius 1 is 1.60 bits per heavy atom. The molecule has 0 aliphatic carbocycles. The zero-order chi connectivity index (χ0) is 14.5. The van der Waals surface area contributed by atoms with E-state index in [2.05, 4.69) is 10.3 Å². The van der Waals surface area contributed by atoms with Crippen molar-refractivity contribution >= 4 is 51.1 Å². The van der Waals surface area contributed by atoms with Crippen molar-refractivity contribution in [2.45, 2.75) is 12.2 Å². The summed E-state index contributed by atoms with van der Waals surface area (Å²) in [6, 6.07) is 5.13. The van der Waals surface area contributed by atoms with Crippen LogP contribution in [0.2, 0.25) is 5.02 Å². The van der Waals surface area contributed by atoms with Gasteiger partial charge >= 0.3 is 0 Å². The first-order valence-corrected chi connectivity index (χ1v) is 8.33. The second kappa shape index (κ2) is 7.24. The lowest BCUT2D eigenvalue weighted by atomic mass is 10.3. The lowest BCUT2D eigenvalue weighted by Gasteiger charge is -2.14. The molecule has 1 amide bonds. The van der Waals surface area contributed by atoms with Gasteiger partial charge in [0.1, 0.15) is 10.1 Å². The van der Waals surface area contributed by atoms with Gasteiger partial charge < -0.3 is 10.1 Å². The maximum absolute atomic E-state index is 12.2. The fraction of sp³-hybridized carbons (Fsp3) is 0.385. The number of aliphatic imine (C=N–C) groups is 1. The molecule has 0 spiro atoms. The number of hydrogen-bond donors (Lipinski definition) is 1. The highest BCUT2D eigenvalue weighted by Gasteiger charge is 2.20. The van der Waals surface area contributed by atoms with E-state index in [1.54, 1.807) is 37.1 Å². The van der Waals surface area contributed by atoms with Gasteiger partial charge in [-0.3, -0.25) is 9.79 Å². The third-order valence-electron chi connectivity index (χ3n) is 2.62. The van der Waals surface area contributed by atoms with Gasteiger partial charge in [0.25, 0.3) is 0 Å². The summed E-state index contributed by atoms with van der Waals surface area (Å²) < 4.78 is 6.18. The summed E-state index contributed by atoms with van der Waals surface area (Å²) in [4.78, 5) is 16.5. The second-order valence-corrected chi connectivity index (χ2v) is 7.20. The molecule has 0 radical (unpaired) electrons. The lowest BCUT2D eigenvalue weighted by Crippen LogP contribution is -2.23. The van der Waals surface area contributed by atoms with E-state index < -0.39 is 0 Å². The Bertz CT molecular complexity index is 537. The monoisotopic (exact) mass is 330 g/mol. The fourth-order valence-corrected chi connectivity index (χ4v) is 3.91. The van der Waals surface area contributed by atoms with E-state index in [4.69, 9.17) is 16.3 Å². The molecule has 1 aliphatic rings. The van der Waals surface area contributed by atoms with Crippen LogP contribution in [0.1, 0.15) is 6.92 Å². The SMILES string of the molecule is COc1ccc(Cl)cc1NC(=O)[C@H](C)SC1=NCCS1. The van der Waals surface area contributed by atoms with Gasteiger partial charge in [-0.1, -0.05) is 35.1 Å². The minimum Gasteiger partial charge on any atom is -0.495 e. The largest absolute Gasteiger partial charge is 0.495 e. The average Bonchev–Trinajstić information content (AvgIpc) is 2.91. The summed E-state index contributed by atoms with van der Waals surface area (Å²) in [5, 5.41) is 3.18. The Balaban J connectivity index is 2.01. The van der Waals surface area contributed by atoms with Crippen molar-refractivity contribution in [3.8, 4) is 5.75 Å². The number of nitrogens with one attached hydrogen (secondary N) is 1. The van der Waals surface area contributed by atoms with E-state index in [0.29, 0.717) is 16.5 Å². The van der Waals surface area contributed by atoms with Gasteiger partial charge in [-0.25, -0.2) is 0 Å². The van der Waals surface area contributed by atoms with Crippen molar-refractivity contribution < 1.29 is 9.53 Å². The Labute approximate surface area is 131 Å². The predicted octanol–water partition coefficient (Wildman–Crippen LogP) is 3.51. The number of anilines is 1. The number of benzene rings is 1. The first kappa shape index (κ1) is 15.5. The first-order valence-electron chi connectivity index (χ1n) is 6.08. The number of hydrogen-bond acceptors (Lipinski definition) is 5. The topological polar surface area (TPSA) is 50.7 Å². The van der Waals surface area contributed by atoms with Gasteiger partial charge in [0, 0.05) is 10.8 Å². The standard InChI is InChI=1S/C13H15ClN2O2S2/c1-8(20-13-15-5-6-19-13)12(17)16-10-7-9(14)3-4-11(10)18-2/h3-4,7-8H,5-6H2,1-2H3,(H,16,17)/t8-/m0/s1. The number of nitrogens with zero attached hydrogens (tertiary/aromatic N) is 1. The Hall–Kier alpha value is -0.850. The van der Waals surface area contributed by atoms with Crippen LogP contribution in [-0.2, 0) is 4.79 Å². The van der Waals surface area contributed by atoms with Crippen molar-refractivity contribution in [1.82, 2.24) is 0 Å². The third kappa shape index (κ3) is 4.07. The molecule has 1 aromatic rings. The number of carbonyl (C=O) groups excluding carboxylic acids is 1. The van der Waals surface area contributed by atoms with E-state index in [0.717, 1.165) is 16.7 Å². The summed E-state index contributed by atoms with van der Waals surface area (Å²) in [5.41, 5.74) is 0.582. The van der Waals surface area contributed by atoms with Crippen LogP contribution >= 0.6 is 35.1 Å². The van der Waals surface area contributed by atoms with Gasteiger partial charge in [0.15, 0.2) is 0 Å². The van der Waals surface area contributed by atoms with Crippen LogP contribution in [0.25, 0.3) is 0 Å². The van der Waals surface area contributed by atoms with E-state index in [9.17, 15) is 4.79 Å². The van der Waals surface area contributed by atoms with E-state index in [1.807, 2.05) is 6.92 Å². The van der Waals surface area contributed by atoms with Crippen molar-refractivity contribution in [3.63, 3.8) is 0 Å². The Morgan fingerprint density at radius 3 is 3.05 bits per heavy atom. The molecule has 4 nitrogen and oxygen atoms in total. The van der Waals surface area contributed by atoms with Gasteiger partial charge in [-0.2, -0.15) is 0 Å². The minimum absolute atomic E-state index is 0.0919. The summed E-state index contributed by atoms with van der Waals surface area (Å²) in [7, 11) is 1.56. The normalized spacial score (nSPS) is 15.7. The molecule has 1 aromatic carbocycles. The molecule has 0 aromatic heterocycles. The molecule has 0 saturated carbocycles. The number of carbonyl (C=O) groups is 1. The fourth-order valence-electron chi connectivity index (χ4n) is 1.60. The molecular formula is C13H15ClN2O2S2. The Kier molecular flexibility index (Phi) is 5.63. The van der Waals surface area contributed by atoms with Crippen LogP contribution in [0.3, 0.4) is 0 Å². The minimum atomic E-state index is -0.219. The molecular weight excluding hydrogens is 316 g/mol. The van der Waals surface area contributed by atoms with Gasteiger partial charge in [0.2, 0.25) is 5.91 Å². The molecule has 108 valence electrons. The van der Waals surface area contributed by atoms with Gasteiger partial charge in [0.05, 0.1) is 24.6 Å². The van der Waals surface area contributed by atoms with E-state index in [1.165, 1.54) is 11.8 Å². The number of thioether (sulfide) groups is 2. The third-order valence-corrected chi connectivity index (χ3v) is 5.16. The highest BCUT2D eigenvalue weighted by molar-refractivity contribution is 8.39. The molecule has 0 unspecified atom stereocenters. The molecule has 1 aliphatic heterocycles. The predicted molar refractivity (Wildman–Crippen MR) is 88.4 cm³/mol. The van der Waals surface area contributed by atoms with Crippen LogP contribution in [0.15, 0.2) is 23.2 Å². The molecule has 1 heterocycles. The van der Waals surface area contributed by atoms with Crippen LogP contribution in [0.5, 0.6) is 5.75 Å². The number of methoxy groups -OCH3 is 1. The number of halogens is 1. The van der Waals surface area contributed by atoms with Crippen LogP contribution < -0.4 is 10.1 Å². The summed E-state index contributed by atoms with van der Waals surface area (Å²) >= 11 is 9.11. The van der Waals surface area contributed by atoms with Crippen LogP contribution in [0, 0.1) is 0 Å².